The van der Waals surface area contributed by atoms with Gasteiger partial charge in [0.1, 0.15) is 0 Å². The summed E-state index contributed by atoms with van der Waals surface area (Å²) in [7, 11) is 0. The van der Waals surface area contributed by atoms with Crippen molar-refractivity contribution in [2.45, 2.75) is 69.7 Å². The van der Waals surface area contributed by atoms with Gasteiger partial charge in [0.15, 0.2) is 0 Å². The zero-order valence-electron chi connectivity index (χ0n) is 12.0. The first-order valence-electron chi connectivity index (χ1n) is 8.24. The topological polar surface area (TPSA) is 12.0 Å². The highest BCUT2D eigenvalue weighted by molar-refractivity contribution is 5.32. The summed E-state index contributed by atoms with van der Waals surface area (Å²) in [6, 6.07) is 9.88. The van der Waals surface area contributed by atoms with Crippen LogP contribution in [0.1, 0.15) is 68.4 Å². The first-order chi connectivity index (χ1) is 9.43. The van der Waals surface area contributed by atoms with E-state index in [1.165, 1.54) is 64.3 Å². The number of hydrogen-bond acceptors (Lipinski definition) is 1. The lowest BCUT2D eigenvalue weighted by Gasteiger charge is -2.27. The first kappa shape index (κ1) is 13.2. The second-order valence-electron chi connectivity index (χ2n) is 6.38. The zero-order valence-corrected chi connectivity index (χ0v) is 12.0. The van der Waals surface area contributed by atoms with Crippen molar-refractivity contribution in [3.63, 3.8) is 0 Å². The second kappa shape index (κ2) is 6.56. The molecule has 1 heteroatoms. The van der Waals surface area contributed by atoms with Crippen LogP contribution in [0.4, 0.5) is 0 Å². The molecule has 1 aromatic carbocycles. The molecule has 19 heavy (non-hydrogen) atoms. The molecule has 0 aromatic heterocycles. The Bertz CT molecular complexity index is 390. The molecule has 0 heterocycles. The molecule has 2 aliphatic rings. The number of aryl methyl sites for hydroxylation is 1. The van der Waals surface area contributed by atoms with Crippen LogP contribution in [0.15, 0.2) is 24.3 Å². The van der Waals surface area contributed by atoms with Crippen LogP contribution in [0.3, 0.4) is 0 Å². The highest BCUT2D eigenvalue weighted by Crippen LogP contribution is 2.31. The zero-order chi connectivity index (χ0) is 12.9. The molecule has 0 bridgehead atoms. The van der Waals surface area contributed by atoms with Crippen molar-refractivity contribution >= 4 is 0 Å². The van der Waals surface area contributed by atoms with Crippen molar-refractivity contribution < 1.29 is 0 Å². The third kappa shape index (κ3) is 3.39. The fourth-order valence-corrected chi connectivity index (χ4v) is 3.86. The number of nitrogens with one attached hydrogen (secondary N) is 1. The van der Waals surface area contributed by atoms with E-state index in [1.54, 1.807) is 11.1 Å². The molecule has 0 spiro atoms. The Balaban J connectivity index is 1.58. The minimum Gasteiger partial charge on any atom is -0.313 e. The van der Waals surface area contributed by atoms with Gasteiger partial charge in [0.25, 0.3) is 0 Å². The van der Waals surface area contributed by atoms with E-state index in [2.05, 4.69) is 29.6 Å². The standard InChI is InChI=1S/C18H27N/c1-2-4-12-17(11-3-1)19-14-16-10-7-9-15-8-5-6-13-18(15)16/h5-6,8,13,16-17,19H,1-4,7,9-12,14H2. The van der Waals surface area contributed by atoms with Crippen LogP contribution in [-0.4, -0.2) is 12.6 Å². The highest BCUT2D eigenvalue weighted by Gasteiger charge is 2.21. The molecule has 1 nitrogen and oxygen atoms in total. The lowest BCUT2D eigenvalue weighted by atomic mass is 9.82. The predicted molar refractivity (Wildman–Crippen MR) is 81.6 cm³/mol. The van der Waals surface area contributed by atoms with E-state index in [4.69, 9.17) is 0 Å². The van der Waals surface area contributed by atoms with Crippen LogP contribution in [0.5, 0.6) is 0 Å². The molecule has 0 aliphatic heterocycles. The van der Waals surface area contributed by atoms with Crippen LogP contribution in [-0.2, 0) is 6.42 Å². The van der Waals surface area contributed by atoms with E-state index < -0.39 is 0 Å². The molecule has 2 aliphatic carbocycles. The average Bonchev–Trinajstić information content (AvgIpc) is 2.74. The second-order valence-corrected chi connectivity index (χ2v) is 6.38. The number of hydrogen-bond donors (Lipinski definition) is 1. The summed E-state index contributed by atoms with van der Waals surface area (Å²) in [6.07, 6.45) is 12.6. The van der Waals surface area contributed by atoms with E-state index in [9.17, 15) is 0 Å². The molecule has 104 valence electrons. The van der Waals surface area contributed by atoms with Crippen LogP contribution < -0.4 is 5.32 Å². The number of fused-ring (bicyclic) bond motifs is 1. The number of benzene rings is 1. The summed E-state index contributed by atoms with van der Waals surface area (Å²) in [5.41, 5.74) is 3.22. The monoisotopic (exact) mass is 257 g/mol. The van der Waals surface area contributed by atoms with Gasteiger partial charge in [0, 0.05) is 12.6 Å². The van der Waals surface area contributed by atoms with Gasteiger partial charge in [-0.05, 0) is 49.1 Å². The average molecular weight is 257 g/mol. The Morgan fingerprint density at radius 2 is 1.68 bits per heavy atom. The molecule has 3 rings (SSSR count). The van der Waals surface area contributed by atoms with Gasteiger partial charge in [-0.3, -0.25) is 0 Å². The molecule has 1 aromatic rings. The molecule has 0 amide bonds. The van der Waals surface area contributed by atoms with Crippen LogP contribution >= 0.6 is 0 Å². The van der Waals surface area contributed by atoms with E-state index in [0.29, 0.717) is 0 Å². The number of rotatable bonds is 3. The Morgan fingerprint density at radius 1 is 0.895 bits per heavy atom. The summed E-state index contributed by atoms with van der Waals surface area (Å²) in [4.78, 5) is 0. The van der Waals surface area contributed by atoms with E-state index in [0.717, 1.165) is 12.0 Å². The largest absolute Gasteiger partial charge is 0.313 e. The summed E-state index contributed by atoms with van der Waals surface area (Å²) in [6.45, 7) is 1.20. The Hall–Kier alpha value is -0.820. The SMILES string of the molecule is c1ccc2c(c1)CCCC2CNC1CCCCCC1. The van der Waals surface area contributed by atoms with E-state index >= 15 is 0 Å². The van der Waals surface area contributed by atoms with Crippen molar-refractivity contribution in [1.82, 2.24) is 5.32 Å². The van der Waals surface area contributed by atoms with Gasteiger partial charge < -0.3 is 5.32 Å². The minimum absolute atomic E-state index is 0.758. The maximum atomic E-state index is 3.87. The van der Waals surface area contributed by atoms with Crippen molar-refractivity contribution in [3.05, 3.63) is 35.4 Å². The van der Waals surface area contributed by atoms with Gasteiger partial charge >= 0.3 is 0 Å². The third-order valence-corrected chi connectivity index (χ3v) is 5.00. The van der Waals surface area contributed by atoms with Crippen LogP contribution in [0, 0.1) is 0 Å². The minimum atomic E-state index is 0.758. The molecule has 1 fully saturated rings. The molecule has 1 N–H and O–H groups in total. The van der Waals surface area contributed by atoms with Crippen LogP contribution in [0.25, 0.3) is 0 Å². The Kier molecular flexibility index (Phi) is 4.55. The highest BCUT2D eigenvalue weighted by atomic mass is 14.9. The Labute approximate surface area is 117 Å². The molecule has 0 radical (unpaired) electrons. The van der Waals surface area contributed by atoms with E-state index in [1.807, 2.05) is 0 Å². The van der Waals surface area contributed by atoms with Crippen molar-refractivity contribution in [3.8, 4) is 0 Å². The first-order valence-corrected chi connectivity index (χ1v) is 8.24. The fourth-order valence-electron chi connectivity index (χ4n) is 3.86. The van der Waals surface area contributed by atoms with Gasteiger partial charge in [-0.2, -0.15) is 0 Å². The Morgan fingerprint density at radius 3 is 2.53 bits per heavy atom. The van der Waals surface area contributed by atoms with Crippen molar-refractivity contribution in [2.75, 3.05) is 6.54 Å². The maximum Gasteiger partial charge on any atom is 0.00673 e. The van der Waals surface area contributed by atoms with Crippen molar-refractivity contribution in [2.24, 2.45) is 0 Å². The van der Waals surface area contributed by atoms with Gasteiger partial charge in [-0.15, -0.1) is 0 Å². The van der Waals surface area contributed by atoms with Crippen molar-refractivity contribution in [1.29, 1.82) is 0 Å². The molecule has 1 atom stereocenters. The predicted octanol–water partition coefficient (Wildman–Crippen LogP) is 4.42. The summed E-state index contributed by atoms with van der Waals surface area (Å²) in [5, 5.41) is 3.87. The van der Waals surface area contributed by atoms with Crippen LogP contribution in [0.2, 0.25) is 0 Å². The molecule has 1 unspecified atom stereocenters. The molecular weight excluding hydrogens is 230 g/mol. The fraction of sp³-hybridized carbons (Fsp3) is 0.667. The van der Waals surface area contributed by atoms with Gasteiger partial charge in [0.2, 0.25) is 0 Å². The van der Waals surface area contributed by atoms with E-state index in [-0.39, 0.29) is 0 Å². The van der Waals surface area contributed by atoms with Gasteiger partial charge in [0.05, 0.1) is 0 Å². The third-order valence-electron chi connectivity index (χ3n) is 5.00. The normalized spacial score (nSPS) is 24.7. The molecular formula is C18H27N. The smallest absolute Gasteiger partial charge is 0.00673 e. The quantitative estimate of drug-likeness (QED) is 0.790. The summed E-state index contributed by atoms with van der Waals surface area (Å²) >= 11 is 0. The molecule has 1 saturated carbocycles. The lowest BCUT2D eigenvalue weighted by Crippen LogP contribution is -2.33. The maximum absolute atomic E-state index is 3.87. The van der Waals surface area contributed by atoms with Gasteiger partial charge in [-0.25, -0.2) is 0 Å². The summed E-state index contributed by atoms with van der Waals surface area (Å²) < 4.78 is 0. The molecule has 0 saturated heterocycles. The van der Waals surface area contributed by atoms with Gasteiger partial charge in [-0.1, -0.05) is 49.9 Å². The summed E-state index contributed by atoms with van der Waals surface area (Å²) in [5.74, 6) is 0.758. The lowest BCUT2D eigenvalue weighted by molar-refractivity contribution is 0.419.